The van der Waals surface area contributed by atoms with Crippen LogP contribution in [0.2, 0.25) is 0 Å². The number of aryl methyl sites for hydroxylation is 4. The lowest BCUT2D eigenvalue weighted by atomic mass is 9.94. The summed E-state index contributed by atoms with van der Waals surface area (Å²) >= 11 is 1.26. The van der Waals surface area contributed by atoms with Crippen LogP contribution < -0.4 is 16.1 Å². The van der Waals surface area contributed by atoms with Gasteiger partial charge in [-0.25, -0.2) is 14.4 Å². The summed E-state index contributed by atoms with van der Waals surface area (Å²) in [7, 11) is 0. The number of nitrogens with two attached hydrogens (primary N) is 1. The van der Waals surface area contributed by atoms with Crippen molar-refractivity contribution in [1.29, 1.82) is 0 Å². The topological polar surface area (TPSA) is 109 Å². The third kappa shape index (κ3) is 8.39. The van der Waals surface area contributed by atoms with Crippen LogP contribution in [0.25, 0.3) is 11.1 Å². The highest BCUT2D eigenvalue weighted by Gasteiger charge is 2.30. The number of esters is 1. The first-order valence-electron chi connectivity index (χ1n) is 13.6. The fraction of sp³-hybridized carbons (Fsp3) is 0.242. The Morgan fingerprint density at radius 1 is 0.932 bits per heavy atom. The van der Waals surface area contributed by atoms with Gasteiger partial charge in [0.25, 0.3) is 0 Å². The number of halogens is 3. The smallest absolute Gasteiger partial charge is 0.427 e. The van der Waals surface area contributed by atoms with Crippen molar-refractivity contribution < 1.29 is 36.7 Å². The Labute approximate surface area is 256 Å². The Morgan fingerprint density at radius 3 is 2.18 bits per heavy atom. The minimum atomic E-state index is -4.43. The Morgan fingerprint density at radius 2 is 1.57 bits per heavy atom. The largest absolute Gasteiger partial charge is 0.521 e. The summed E-state index contributed by atoms with van der Waals surface area (Å²) in [6.45, 7) is 5.51. The number of alkyl halides is 3. The van der Waals surface area contributed by atoms with Crippen molar-refractivity contribution >= 4 is 23.9 Å². The molecule has 0 saturated heterocycles. The number of hydrogen-bond donors (Lipinski definition) is 1. The zero-order valence-corrected chi connectivity index (χ0v) is 25.0. The van der Waals surface area contributed by atoms with Crippen LogP contribution in [-0.4, -0.2) is 23.9 Å². The van der Waals surface area contributed by atoms with E-state index in [1.807, 2.05) is 25.1 Å². The summed E-state index contributed by atoms with van der Waals surface area (Å²) in [4.78, 5) is 39.2. The van der Waals surface area contributed by atoms with Gasteiger partial charge in [-0.15, -0.1) is 11.8 Å². The molecule has 1 aromatic heterocycles. The SMILES string of the molecule is Cc1cc(C)c(-c2c(OC(=O)OC(=O)[C@@H](N)Cc3ccccc3)cc(CCSc3ccc(C(F)(F)F)cc3)oc2=O)c(C)c1. The molecule has 11 heteroatoms. The van der Waals surface area contributed by atoms with Crippen molar-refractivity contribution in [2.24, 2.45) is 5.73 Å². The number of carbonyl (C=O) groups excluding carboxylic acids is 2. The molecule has 3 aromatic carbocycles. The molecule has 0 amide bonds. The van der Waals surface area contributed by atoms with E-state index < -0.39 is 35.5 Å². The lowest BCUT2D eigenvalue weighted by molar-refractivity contribution is -0.140. The molecule has 230 valence electrons. The van der Waals surface area contributed by atoms with Crippen molar-refractivity contribution in [3.05, 3.63) is 117 Å². The van der Waals surface area contributed by atoms with Gasteiger partial charge in [0.15, 0.2) is 5.75 Å². The van der Waals surface area contributed by atoms with E-state index in [4.69, 9.17) is 19.6 Å². The van der Waals surface area contributed by atoms with E-state index in [-0.39, 0.29) is 29.9 Å². The minimum absolute atomic E-state index is 0.0166. The minimum Gasteiger partial charge on any atom is -0.427 e. The fourth-order valence-corrected chi connectivity index (χ4v) is 5.62. The molecule has 7 nitrogen and oxygen atoms in total. The molecule has 1 atom stereocenters. The quantitative estimate of drug-likeness (QED) is 0.118. The van der Waals surface area contributed by atoms with Gasteiger partial charge in [0.05, 0.1) is 5.56 Å². The van der Waals surface area contributed by atoms with Gasteiger partial charge in [-0.1, -0.05) is 48.0 Å². The second kappa shape index (κ2) is 14.0. The van der Waals surface area contributed by atoms with Gasteiger partial charge >= 0.3 is 23.9 Å². The summed E-state index contributed by atoms with van der Waals surface area (Å²) in [5.41, 5.74) is 8.12. The van der Waals surface area contributed by atoms with E-state index in [1.165, 1.54) is 30.0 Å². The number of ether oxygens (including phenoxy) is 2. The predicted octanol–water partition coefficient (Wildman–Crippen LogP) is 7.20. The monoisotopic (exact) mass is 625 g/mol. The first-order chi connectivity index (χ1) is 20.8. The second-order valence-corrected chi connectivity index (χ2v) is 11.4. The zero-order valence-electron chi connectivity index (χ0n) is 24.2. The predicted molar refractivity (Wildman–Crippen MR) is 161 cm³/mol. The average Bonchev–Trinajstić information content (AvgIpc) is 2.94. The second-order valence-electron chi connectivity index (χ2n) is 10.2. The molecule has 0 radical (unpaired) electrons. The number of carbonyl (C=O) groups is 2. The average molecular weight is 626 g/mol. The molecule has 4 rings (SSSR count). The highest BCUT2D eigenvalue weighted by atomic mass is 32.2. The molecule has 44 heavy (non-hydrogen) atoms. The van der Waals surface area contributed by atoms with Crippen LogP contribution in [0.1, 0.15) is 33.6 Å². The lowest BCUT2D eigenvalue weighted by Crippen LogP contribution is -2.36. The summed E-state index contributed by atoms with van der Waals surface area (Å²) < 4.78 is 54.5. The van der Waals surface area contributed by atoms with E-state index in [1.54, 1.807) is 38.1 Å². The summed E-state index contributed by atoms with van der Waals surface area (Å²) in [5.74, 6) is -0.664. The van der Waals surface area contributed by atoms with Crippen molar-refractivity contribution in [2.45, 2.75) is 50.7 Å². The standard InChI is InChI=1S/C33H30F3NO6S/c1-19-15-20(2)28(21(3)16-19)29-27(42-32(40)43-30(38)26(37)17-22-7-5-4-6-8-22)18-24(41-31(29)39)13-14-44-25-11-9-23(10-12-25)33(34,35)36/h4-12,15-16,18,26H,13-14,17,37H2,1-3H3/t26-/m0/s1. The van der Waals surface area contributed by atoms with Gasteiger partial charge in [0.1, 0.15) is 17.4 Å². The molecule has 1 heterocycles. The van der Waals surface area contributed by atoms with Crippen LogP contribution >= 0.6 is 11.8 Å². The number of hydrogen-bond acceptors (Lipinski definition) is 8. The molecule has 0 aliphatic rings. The van der Waals surface area contributed by atoms with Gasteiger partial charge in [-0.05, 0) is 73.7 Å². The van der Waals surface area contributed by atoms with Gasteiger partial charge in [0.2, 0.25) is 0 Å². The Kier molecular flexibility index (Phi) is 10.3. The van der Waals surface area contributed by atoms with Crippen LogP contribution in [0.4, 0.5) is 18.0 Å². The van der Waals surface area contributed by atoms with Crippen molar-refractivity contribution in [3.8, 4) is 16.9 Å². The normalized spacial score (nSPS) is 12.1. The highest BCUT2D eigenvalue weighted by molar-refractivity contribution is 7.99. The van der Waals surface area contributed by atoms with Gasteiger partial charge in [0, 0.05) is 23.1 Å². The van der Waals surface area contributed by atoms with Crippen molar-refractivity contribution in [3.63, 3.8) is 0 Å². The number of thioether (sulfide) groups is 1. The Bertz CT molecular complexity index is 1680. The van der Waals surface area contributed by atoms with E-state index in [0.717, 1.165) is 34.4 Å². The molecule has 0 aliphatic carbocycles. The van der Waals surface area contributed by atoms with Crippen LogP contribution in [0.3, 0.4) is 0 Å². The number of benzene rings is 3. The summed E-state index contributed by atoms with van der Waals surface area (Å²) in [5, 5.41) is 0. The molecule has 4 aromatic rings. The fourth-order valence-electron chi connectivity index (χ4n) is 4.75. The maximum absolute atomic E-state index is 13.3. The van der Waals surface area contributed by atoms with Gasteiger partial charge < -0.3 is 19.6 Å². The molecule has 0 fully saturated rings. The molecule has 0 aliphatic heterocycles. The molecule has 0 saturated carbocycles. The first-order valence-corrected chi connectivity index (χ1v) is 14.6. The van der Waals surface area contributed by atoms with Gasteiger partial charge in [-0.2, -0.15) is 13.2 Å². The van der Waals surface area contributed by atoms with Crippen LogP contribution in [0.5, 0.6) is 5.75 Å². The van der Waals surface area contributed by atoms with Crippen molar-refractivity contribution in [1.82, 2.24) is 0 Å². The van der Waals surface area contributed by atoms with E-state index >= 15 is 0 Å². The van der Waals surface area contributed by atoms with E-state index in [2.05, 4.69) is 0 Å². The van der Waals surface area contributed by atoms with E-state index in [9.17, 15) is 27.6 Å². The lowest BCUT2D eigenvalue weighted by Gasteiger charge is -2.15. The van der Waals surface area contributed by atoms with E-state index in [0.29, 0.717) is 16.2 Å². The number of rotatable bonds is 9. The molecule has 2 N–H and O–H groups in total. The Hall–Kier alpha value is -4.35. The van der Waals surface area contributed by atoms with Crippen LogP contribution in [0, 0.1) is 20.8 Å². The summed E-state index contributed by atoms with van der Waals surface area (Å²) in [6.07, 6.45) is -5.48. The summed E-state index contributed by atoms with van der Waals surface area (Å²) in [6, 6.07) is 17.6. The van der Waals surface area contributed by atoms with Crippen LogP contribution in [-0.2, 0) is 28.5 Å². The zero-order chi connectivity index (χ0) is 32.0. The molecular formula is C33H30F3NO6S. The van der Waals surface area contributed by atoms with Crippen molar-refractivity contribution in [2.75, 3.05) is 5.75 Å². The third-order valence-electron chi connectivity index (χ3n) is 6.67. The maximum Gasteiger partial charge on any atom is 0.521 e. The van der Waals surface area contributed by atoms with Crippen LogP contribution in [0.15, 0.2) is 86.9 Å². The Balaban J connectivity index is 1.55. The molecule has 0 bridgehead atoms. The first kappa shape index (κ1) is 32.6. The molecule has 0 spiro atoms. The van der Waals surface area contributed by atoms with Gasteiger partial charge in [-0.3, -0.25) is 0 Å². The maximum atomic E-state index is 13.3. The third-order valence-corrected chi connectivity index (χ3v) is 7.68. The highest BCUT2D eigenvalue weighted by Crippen LogP contribution is 2.35. The molecule has 0 unspecified atom stereocenters. The molecular weight excluding hydrogens is 595 g/mol.